The summed E-state index contributed by atoms with van der Waals surface area (Å²) < 4.78 is 5.56. The third-order valence-corrected chi connectivity index (χ3v) is 5.74. The van der Waals surface area contributed by atoms with E-state index < -0.39 is 0 Å². The van der Waals surface area contributed by atoms with Gasteiger partial charge in [-0.2, -0.15) is 0 Å². The summed E-state index contributed by atoms with van der Waals surface area (Å²) in [5, 5.41) is 0.0466. The zero-order chi connectivity index (χ0) is 12.1. The first-order chi connectivity index (χ1) is 8.06. The molecule has 2 saturated heterocycles. The number of hydrogen-bond donors (Lipinski definition) is 0. The number of hydrogen-bond acceptors (Lipinski definition) is 2. The summed E-state index contributed by atoms with van der Waals surface area (Å²) in [6.45, 7) is 5.34. The second kappa shape index (κ2) is 3.99. The molecular formula is C14H24BNO. The largest absolute Gasteiger partial charge is 0.377 e. The Morgan fingerprint density at radius 2 is 1.94 bits per heavy atom. The summed E-state index contributed by atoms with van der Waals surface area (Å²) >= 11 is 0. The number of fused-ring (bicyclic) bond motifs is 2. The number of likely N-dealkylation sites (tertiary alicyclic amines) is 1. The zero-order valence-corrected chi connectivity index (χ0v) is 11.2. The number of piperidine rings is 1. The molecule has 3 heteroatoms. The highest BCUT2D eigenvalue weighted by atomic mass is 16.5. The standard InChI is InChI=1S/C14H24BNO/c1-13(15)7-4-3-5-12-11(13)6-8-16(2)14(12)9-17-10-14/h11-12H,3-10H2,1-2H3. The molecule has 3 aliphatic rings. The Morgan fingerprint density at radius 3 is 2.59 bits per heavy atom. The normalized spacial score (nSPS) is 46.0. The lowest BCUT2D eigenvalue weighted by atomic mass is 9.52. The Morgan fingerprint density at radius 1 is 1.18 bits per heavy atom. The molecule has 0 N–H and O–H groups in total. The predicted molar refractivity (Wildman–Crippen MR) is 70.4 cm³/mol. The lowest BCUT2D eigenvalue weighted by molar-refractivity contribution is -0.193. The van der Waals surface area contributed by atoms with Crippen LogP contribution in [-0.4, -0.2) is 45.1 Å². The molecule has 1 aliphatic carbocycles. The van der Waals surface area contributed by atoms with E-state index in [1.165, 1.54) is 38.6 Å². The molecule has 0 bridgehead atoms. The first kappa shape index (κ1) is 12.0. The van der Waals surface area contributed by atoms with Crippen molar-refractivity contribution in [2.75, 3.05) is 26.8 Å². The number of likely N-dealkylation sites (N-methyl/N-ethyl adjacent to an activating group) is 1. The summed E-state index contributed by atoms with van der Waals surface area (Å²) in [5.74, 6) is 1.46. The molecule has 2 heterocycles. The van der Waals surface area contributed by atoms with Gasteiger partial charge in [-0.05, 0) is 38.3 Å². The Kier molecular flexibility index (Phi) is 2.83. The first-order valence-electron chi connectivity index (χ1n) is 7.14. The molecule has 0 aromatic heterocycles. The van der Waals surface area contributed by atoms with Gasteiger partial charge in [0.2, 0.25) is 0 Å². The van der Waals surface area contributed by atoms with E-state index >= 15 is 0 Å². The summed E-state index contributed by atoms with van der Waals surface area (Å²) in [6, 6.07) is 0. The van der Waals surface area contributed by atoms with Gasteiger partial charge < -0.3 is 4.74 Å². The molecule has 3 rings (SSSR count). The monoisotopic (exact) mass is 233 g/mol. The van der Waals surface area contributed by atoms with Gasteiger partial charge in [0.1, 0.15) is 0 Å². The van der Waals surface area contributed by atoms with E-state index in [-0.39, 0.29) is 5.31 Å². The highest BCUT2D eigenvalue weighted by Crippen LogP contribution is 2.55. The van der Waals surface area contributed by atoms with E-state index in [4.69, 9.17) is 12.6 Å². The van der Waals surface area contributed by atoms with Crippen molar-refractivity contribution in [2.24, 2.45) is 11.8 Å². The van der Waals surface area contributed by atoms with E-state index in [0.717, 1.165) is 19.1 Å². The fourth-order valence-electron chi connectivity index (χ4n) is 4.47. The fraction of sp³-hybridized carbons (Fsp3) is 1.00. The Labute approximate surface area is 106 Å². The van der Waals surface area contributed by atoms with Crippen molar-refractivity contribution in [3.63, 3.8) is 0 Å². The quantitative estimate of drug-likeness (QED) is 0.595. The topological polar surface area (TPSA) is 12.5 Å². The molecule has 3 fully saturated rings. The maximum absolute atomic E-state index is 6.62. The summed E-state index contributed by atoms with van der Waals surface area (Å²) in [5.41, 5.74) is 0.327. The van der Waals surface area contributed by atoms with E-state index in [1.54, 1.807) is 0 Å². The Bertz CT molecular complexity index is 301. The second-order valence-electron chi connectivity index (χ2n) is 6.77. The second-order valence-corrected chi connectivity index (χ2v) is 6.77. The van der Waals surface area contributed by atoms with Crippen LogP contribution < -0.4 is 0 Å². The average Bonchev–Trinajstić information content (AvgIpc) is 2.35. The van der Waals surface area contributed by atoms with Crippen molar-refractivity contribution < 1.29 is 4.74 Å². The molecule has 2 aliphatic heterocycles. The van der Waals surface area contributed by atoms with Gasteiger partial charge in [0.05, 0.1) is 26.6 Å². The number of nitrogens with zero attached hydrogens (tertiary/aromatic N) is 1. The van der Waals surface area contributed by atoms with Crippen LogP contribution in [0, 0.1) is 11.8 Å². The minimum Gasteiger partial charge on any atom is -0.377 e. The zero-order valence-electron chi connectivity index (χ0n) is 11.2. The summed E-state index contributed by atoms with van der Waals surface area (Å²) in [4.78, 5) is 2.55. The average molecular weight is 233 g/mol. The molecule has 2 radical (unpaired) electrons. The molecule has 0 aromatic carbocycles. The van der Waals surface area contributed by atoms with E-state index in [2.05, 4.69) is 18.9 Å². The van der Waals surface area contributed by atoms with Crippen LogP contribution in [0.4, 0.5) is 0 Å². The van der Waals surface area contributed by atoms with E-state index in [0.29, 0.717) is 11.5 Å². The minimum atomic E-state index is 0.0466. The molecule has 3 atom stereocenters. The molecular weight excluding hydrogens is 209 g/mol. The van der Waals surface area contributed by atoms with E-state index in [9.17, 15) is 0 Å². The van der Waals surface area contributed by atoms with Crippen LogP contribution >= 0.6 is 0 Å². The van der Waals surface area contributed by atoms with Crippen LogP contribution in [-0.2, 0) is 4.74 Å². The van der Waals surface area contributed by atoms with Crippen molar-refractivity contribution >= 4 is 7.85 Å². The maximum Gasteiger partial charge on any atom is 0.0746 e. The lowest BCUT2D eigenvalue weighted by Gasteiger charge is -2.60. The van der Waals surface area contributed by atoms with Gasteiger partial charge in [-0.3, -0.25) is 4.90 Å². The lowest BCUT2D eigenvalue weighted by Crippen LogP contribution is -2.69. The van der Waals surface area contributed by atoms with Crippen molar-refractivity contribution in [2.45, 2.75) is 49.9 Å². The third-order valence-electron chi connectivity index (χ3n) is 5.74. The fourth-order valence-corrected chi connectivity index (χ4v) is 4.47. The molecule has 0 aromatic rings. The first-order valence-corrected chi connectivity index (χ1v) is 7.14. The van der Waals surface area contributed by atoms with Crippen LogP contribution in [0.2, 0.25) is 5.31 Å². The van der Waals surface area contributed by atoms with Gasteiger partial charge in [-0.25, -0.2) is 0 Å². The van der Waals surface area contributed by atoms with Gasteiger partial charge in [0, 0.05) is 0 Å². The molecule has 0 amide bonds. The highest BCUT2D eigenvalue weighted by molar-refractivity contribution is 6.15. The molecule has 1 saturated carbocycles. The van der Waals surface area contributed by atoms with Crippen LogP contribution in [0.1, 0.15) is 39.0 Å². The van der Waals surface area contributed by atoms with Gasteiger partial charge in [0.15, 0.2) is 0 Å². The van der Waals surface area contributed by atoms with Crippen LogP contribution in [0.3, 0.4) is 0 Å². The number of rotatable bonds is 0. The minimum absolute atomic E-state index is 0.0466. The Hall–Kier alpha value is -0.0151. The molecule has 17 heavy (non-hydrogen) atoms. The third kappa shape index (κ3) is 1.69. The van der Waals surface area contributed by atoms with Crippen LogP contribution in [0.15, 0.2) is 0 Å². The molecule has 1 spiro atoms. The van der Waals surface area contributed by atoms with Crippen molar-refractivity contribution in [1.29, 1.82) is 0 Å². The summed E-state index contributed by atoms with van der Waals surface area (Å²) in [7, 11) is 8.89. The molecule has 3 unspecified atom stereocenters. The summed E-state index contributed by atoms with van der Waals surface area (Å²) in [6.07, 6.45) is 6.49. The smallest absolute Gasteiger partial charge is 0.0746 e. The predicted octanol–water partition coefficient (Wildman–Crippen LogP) is 2.24. The van der Waals surface area contributed by atoms with Gasteiger partial charge in [-0.1, -0.05) is 31.5 Å². The van der Waals surface area contributed by atoms with Gasteiger partial charge >= 0.3 is 0 Å². The SMILES string of the molecule is [B]C1(C)CCCCC2C1CCN(C)C21COC1. The van der Waals surface area contributed by atoms with Gasteiger partial charge in [0.25, 0.3) is 0 Å². The van der Waals surface area contributed by atoms with Crippen LogP contribution in [0.5, 0.6) is 0 Å². The highest BCUT2D eigenvalue weighted by Gasteiger charge is 2.56. The Balaban J connectivity index is 1.91. The van der Waals surface area contributed by atoms with Gasteiger partial charge in [-0.15, -0.1) is 0 Å². The van der Waals surface area contributed by atoms with Crippen LogP contribution in [0.25, 0.3) is 0 Å². The number of ether oxygens (including phenoxy) is 1. The molecule has 2 nitrogen and oxygen atoms in total. The maximum atomic E-state index is 6.62. The van der Waals surface area contributed by atoms with Crippen molar-refractivity contribution in [3.8, 4) is 0 Å². The van der Waals surface area contributed by atoms with Crippen molar-refractivity contribution in [1.82, 2.24) is 4.90 Å². The van der Waals surface area contributed by atoms with E-state index in [1.807, 2.05) is 0 Å². The molecule has 94 valence electrons. The van der Waals surface area contributed by atoms with Crippen molar-refractivity contribution in [3.05, 3.63) is 0 Å².